The molecule has 5 heteroatoms. The van der Waals surface area contributed by atoms with E-state index in [1.807, 2.05) is 12.1 Å². The maximum Gasteiger partial charge on any atom is 0.250 e. The molecule has 0 N–H and O–H groups in total. The second-order valence-corrected chi connectivity index (χ2v) is 9.13. The molecule has 1 aliphatic carbocycles. The highest BCUT2D eigenvalue weighted by atomic mass is 16.5. The van der Waals surface area contributed by atoms with E-state index in [1.54, 1.807) is 14.2 Å². The van der Waals surface area contributed by atoms with E-state index in [4.69, 9.17) is 9.47 Å². The van der Waals surface area contributed by atoms with E-state index >= 15 is 0 Å². The number of carbonyl (C=O) groups excluding carboxylic acids is 1. The summed E-state index contributed by atoms with van der Waals surface area (Å²) in [6.45, 7) is 2.86. The number of methoxy groups -OCH3 is 2. The fourth-order valence-corrected chi connectivity index (χ4v) is 5.70. The van der Waals surface area contributed by atoms with Crippen LogP contribution in [0.3, 0.4) is 0 Å². The molecule has 0 saturated heterocycles. The Morgan fingerprint density at radius 3 is 2.55 bits per heavy atom. The molecule has 2 aliphatic rings. The van der Waals surface area contributed by atoms with E-state index in [0.29, 0.717) is 6.54 Å². The summed E-state index contributed by atoms with van der Waals surface area (Å²) < 4.78 is 13.1. The van der Waals surface area contributed by atoms with Gasteiger partial charge in [0.15, 0.2) is 11.5 Å². The van der Waals surface area contributed by atoms with Gasteiger partial charge in [0, 0.05) is 41.3 Å². The van der Waals surface area contributed by atoms with Crippen LogP contribution in [0, 0.1) is 6.92 Å². The van der Waals surface area contributed by atoms with Gasteiger partial charge >= 0.3 is 0 Å². The van der Waals surface area contributed by atoms with E-state index < -0.39 is 0 Å². The highest BCUT2D eigenvalue weighted by Crippen LogP contribution is 2.47. The largest absolute Gasteiger partial charge is 0.493 e. The third kappa shape index (κ3) is 3.50. The first-order valence-electron chi connectivity index (χ1n) is 11.8. The first kappa shape index (κ1) is 21.6. The van der Waals surface area contributed by atoms with Crippen molar-refractivity contribution in [2.75, 3.05) is 20.8 Å². The number of amides is 1. The van der Waals surface area contributed by atoms with Crippen LogP contribution in [0.2, 0.25) is 0 Å². The Kier molecular flexibility index (Phi) is 5.65. The van der Waals surface area contributed by atoms with E-state index in [-0.39, 0.29) is 11.9 Å². The Balaban J connectivity index is 1.53. The van der Waals surface area contributed by atoms with E-state index in [9.17, 15) is 4.79 Å². The molecule has 0 radical (unpaired) electrons. The summed E-state index contributed by atoms with van der Waals surface area (Å²) in [4.78, 5) is 15.8. The highest BCUT2D eigenvalue weighted by Gasteiger charge is 2.42. The molecular weight excluding hydrogens is 412 g/mol. The van der Waals surface area contributed by atoms with Crippen molar-refractivity contribution >= 4 is 16.8 Å². The van der Waals surface area contributed by atoms with Crippen molar-refractivity contribution in [3.05, 3.63) is 70.4 Å². The van der Waals surface area contributed by atoms with Gasteiger partial charge in [-0.15, -0.1) is 0 Å². The van der Waals surface area contributed by atoms with Crippen LogP contribution in [0.15, 0.2) is 53.6 Å². The predicted octanol–water partition coefficient (Wildman–Crippen LogP) is 5.50. The van der Waals surface area contributed by atoms with Gasteiger partial charge in [0.05, 0.1) is 20.3 Å². The third-order valence-electron chi connectivity index (χ3n) is 7.48. The molecule has 1 amide bonds. The highest BCUT2D eigenvalue weighted by molar-refractivity contribution is 5.99. The van der Waals surface area contributed by atoms with Crippen LogP contribution in [0.5, 0.6) is 11.5 Å². The molecule has 2 heterocycles. The quantitative estimate of drug-likeness (QED) is 0.504. The minimum absolute atomic E-state index is 0.0269. The van der Waals surface area contributed by atoms with Gasteiger partial charge in [-0.3, -0.25) is 4.79 Å². The maximum absolute atomic E-state index is 13.6. The van der Waals surface area contributed by atoms with Crippen molar-refractivity contribution in [3.63, 3.8) is 0 Å². The van der Waals surface area contributed by atoms with Crippen LogP contribution < -0.4 is 9.47 Å². The van der Waals surface area contributed by atoms with Crippen molar-refractivity contribution < 1.29 is 14.3 Å². The van der Waals surface area contributed by atoms with Crippen molar-refractivity contribution in [1.29, 1.82) is 0 Å². The molecule has 33 heavy (non-hydrogen) atoms. The number of benzene rings is 2. The number of fused-ring (bicyclic) bond motifs is 1. The standard InChI is InChI=1S/C28H32N2O3/c1-18-26(22-11-7-8-12-23(22)29(18)2)27-20-9-5-6-10-21(20)28(31)30(27)16-15-19-13-14-24(32-3)25(17-19)33-4/h7-8,11-14,17,27H,5-6,9-10,15-16H2,1-4H3. The molecule has 172 valence electrons. The van der Waals surface area contributed by atoms with Gasteiger partial charge in [-0.2, -0.15) is 0 Å². The lowest BCUT2D eigenvalue weighted by atomic mass is 9.86. The smallest absolute Gasteiger partial charge is 0.250 e. The molecule has 5 rings (SSSR count). The summed E-state index contributed by atoms with van der Waals surface area (Å²) in [7, 11) is 5.43. The molecule has 0 fully saturated rings. The first-order valence-corrected chi connectivity index (χ1v) is 11.8. The number of nitrogens with zero attached hydrogens (tertiary/aromatic N) is 2. The zero-order valence-electron chi connectivity index (χ0n) is 20.0. The average molecular weight is 445 g/mol. The van der Waals surface area contributed by atoms with Gasteiger partial charge in [-0.1, -0.05) is 24.3 Å². The Bertz CT molecular complexity index is 1250. The normalized spacial score (nSPS) is 18.2. The number of carbonyl (C=O) groups is 1. The molecule has 0 spiro atoms. The molecule has 0 bridgehead atoms. The predicted molar refractivity (Wildman–Crippen MR) is 131 cm³/mol. The molecule has 1 atom stereocenters. The van der Waals surface area contributed by atoms with Gasteiger partial charge in [0.1, 0.15) is 0 Å². The van der Waals surface area contributed by atoms with E-state index in [2.05, 4.69) is 53.8 Å². The van der Waals surface area contributed by atoms with Crippen LogP contribution in [-0.4, -0.2) is 36.1 Å². The number of hydrogen-bond donors (Lipinski definition) is 0. The molecular formula is C28H32N2O3. The van der Waals surface area contributed by atoms with Gasteiger partial charge < -0.3 is 18.9 Å². The fourth-order valence-electron chi connectivity index (χ4n) is 5.70. The number of ether oxygens (including phenoxy) is 2. The fraction of sp³-hybridized carbons (Fsp3) is 0.393. The molecule has 1 aromatic heterocycles. The second kappa shape index (κ2) is 8.62. The van der Waals surface area contributed by atoms with Gasteiger partial charge in [0.25, 0.3) is 5.91 Å². The zero-order valence-corrected chi connectivity index (χ0v) is 20.0. The van der Waals surface area contributed by atoms with E-state index in [1.165, 1.54) is 27.7 Å². The first-order chi connectivity index (χ1) is 16.0. The molecule has 1 aliphatic heterocycles. The van der Waals surface area contributed by atoms with Gasteiger partial charge in [0.2, 0.25) is 0 Å². The maximum atomic E-state index is 13.6. The minimum Gasteiger partial charge on any atom is -0.493 e. The van der Waals surface area contributed by atoms with Crippen LogP contribution in [-0.2, 0) is 18.3 Å². The second-order valence-electron chi connectivity index (χ2n) is 9.13. The van der Waals surface area contributed by atoms with Crippen LogP contribution in [0.25, 0.3) is 10.9 Å². The monoisotopic (exact) mass is 444 g/mol. The number of rotatable bonds is 6. The summed E-state index contributed by atoms with van der Waals surface area (Å²) in [6, 6.07) is 14.6. The van der Waals surface area contributed by atoms with E-state index in [0.717, 1.165) is 54.7 Å². The van der Waals surface area contributed by atoms with Crippen molar-refractivity contribution in [1.82, 2.24) is 9.47 Å². The summed E-state index contributed by atoms with van der Waals surface area (Å²) >= 11 is 0. The van der Waals surface area contributed by atoms with Gasteiger partial charge in [-0.25, -0.2) is 0 Å². The van der Waals surface area contributed by atoms with Crippen molar-refractivity contribution in [3.8, 4) is 11.5 Å². The Labute approximate surface area is 195 Å². The molecule has 0 saturated carbocycles. The third-order valence-corrected chi connectivity index (χ3v) is 7.48. The lowest BCUT2D eigenvalue weighted by Crippen LogP contribution is -2.32. The number of hydrogen-bond acceptors (Lipinski definition) is 3. The minimum atomic E-state index is 0.0269. The van der Waals surface area contributed by atoms with Gasteiger partial charge in [-0.05, 0) is 68.4 Å². The molecule has 3 aromatic rings. The Morgan fingerprint density at radius 1 is 1.00 bits per heavy atom. The lowest BCUT2D eigenvalue weighted by Gasteiger charge is -2.28. The zero-order chi connectivity index (χ0) is 23.1. The number of aromatic nitrogens is 1. The molecule has 5 nitrogen and oxygen atoms in total. The summed E-state index contributed by atoms with van der Waals surface area (Å²) in [6.07, 6.45) is 4.96. The molecule has 1 unspecified atom stereocenters. The summed E-state index contributed by atoms with van der Waals surface area (Å²) in [5, 5.41) is 1.26. The lowest BCUT2D eigenvalue weighted by molar-refractivity contribution is -0.127. The average Bonchev–Trinajstić information content (AvgIpc) is 3.27. The Hall–Kier alpha value is -3.21. The summed E-state index contributed by atoms with van der Waals surface area (Å²) in [5.41, 5.74) is 7.30. The van der Waals surface area contributed by atoms with Crippen molar-refractivity contribution in [2.24, 2.45) is 7.05 Å². The van der Waals surface area contributed by atoms with Crippen LogP contribution >= 0.6 is 0 Å². The number of para-hydroxylation sites is 1. The van der Waals surface area contributed by atoms with Crippen LogP contribution in [0.1, 0.15) is 48.5 Å². The Morgan fingerprint density at radius 2 is 1.76 bits per heavy atom. The number of aryl methyl sites for hydroxylation is 1. The topological polar surface area (TPSA) is 43.7 Å². The summed E-state index contributed by atoms with van der Waals surface area (Å²) in [5.74, 6) is 1.67. The SMILES string of the molecule is COc1ccc(CCN2C(=O)C3=C(CCCC3)C2c2c(C)n(C)c3ccccc23)cc1OC. The van der Waals surface area contributed by atoms with Crippen molar-refractivity contribution in [2.45, 2.75) is 45.1 Å². The molecule has 2 aromatic carbocycles. The van der Waals surface area contributed by atoms with Crippen LogP contribution in [0.4, 0.5) is 0 Å².